The van der Waals surface area contributed by atoms with Gasteiger partial charge in [-0.3, -0.25) is 0 Å². The van der Waals surface area contributed by atoms with E-state index in [1.165, 1.54) is 33.4 Å². The molecular weight excluding hydrogens is 556 g/mol. The van der Waals surface area contributed by atoms with Gasteiger partial charge in [-0.25, -0.2) is 0 Å². The van der Waals surface area contributed by atoms with Crippen molar-refractivity contribution < 1.29 is 22.7 Å². The van der Waals surface area contributed by atoms with Crippen molar-refractivity contribution in [2.24, 2.45) is 0 Å². The topological polar surface area (TPSA) is 20.2 Å². The van der Waals surface area contributed by atoms with Crippen LogP contribution in [0.15, 0.2) is 18.2 Å². The van der Waals surface area contributed by atoms with Crippen molar-refractivity contribution in [1.29, 1.82) is 0 Å². The minimum atomic E-state index is -0.889. The Kier molecular flexibility index (Phi) is 12.8. The average molecular weight is 592 g/mol. The van der Waals surface area contributed by atoms with Crippen LogP contribution in [0.4, 0.5) is 0 Å². The summed E-state index contributed by atoms with van der Waals surface area (Å²) in [7, 11) is 9.89. The Balaban J connectivity index is 0.000000458. The molecule has 0 radical (unpaired) electrons. The molecule has 4 heteroatoms. The van der Waals surface area contributed by atoms with Crippen LogP contribution in [0, 0.1) is 41.5 Å². The number of hydrogen-bond acceptors (Lipinski definition) is 1. The van der Waals surface area contributed by atoms with Crippen molar-refractivity contribution in [1.82, 2.24) is 0 Å². The molecule has 0 bridgehead atoms. The number of phenols is 1. The number of aromatic hydroxyl groups is 1. The molecule has 0 saturated carbocycles. The van der Waals surface area contributed by atoms with Gasteiger partial charge >= 0.3 is 36.0 Å². The minimum absolute atomic E-state index is 0.388. The molecule has 2 aromatic rings. The quantitative estimate of drug-likeness (QED) is 0.371. The van der Waals surface area contributed by atoms with Crippen LogP contribution in [0.25, 0.3) is 0 Å². The third-order valence-corrected chi connectivity index (χ3v) is 5.72. The van der Waals surface area contributed by atoms with E-state index in [2.05, 4.69) is 69.2 Å². The van der Waals surface area contributed by atoms with E-state index in [0.29, 0.717) is 17.6 Å². The SMILES string of the molecule is CC(C)c1cccc(C(C)C)c1O.Cc1c(C)c(C)c(C)c(C)c1C.[Cl][Ta][Cl]. The molecule has 0 heterocycles. The Bertz CT molecular complexity index is 636. The molecule has 28 heavy (non-hydrogen) atoms. The first-order valence-electron chi connectivity index (χ1n) is 9.69. The first-order chi connectivity index (χ1) is 12.9. The van der Waals surface area contributed by atoms with Gasteiger partial charge in [-0.15, -0.1) is 0 Å². The van der Waals surface area contributed by atoms with E-state index >= 15 is 0 Å². The summed E-state index contributed by atoms with van der Waals surface area (Å²) in [5.74, 6) is 1.25. The Hall–Kier alpha value is -0.440. The summed E-state index contributed by atoms with van der Waals surface area (Å²) >= 11 is -0.889. The maximum atomic E-state index is 9.93. The second-order valence-corrected chi connectivity index (χ2v) is 12.6. The second-order valence-electron chi connectivity index (χ2n) is 7.91. The summed E-state index contributed by atoms with van der Waals surface area (Å²) in [6, 6.07) is 6.00. The van der Waals surface area contributed by atoms with E-state index in [9.17, 15) is 5.11 Å². The van der Waals surface area contributed by atoms with Crippen LogP contribution in [0.3, 0.4) is 0 Å². The van der Waals surface area contributed by atoms with Crippen LogP contribution in [0.1, 0.15) is 84.0 Å². The summed E-state index contributed by atoms with van der Waals surface area (Å²) in [5, 5.41) is 9.93. The van der Waals surface area contributed by atoms with Crippen LogP contribution in [0.5, 0.6) is 5.75 Å². The number of rotatable bonds is 2. The number of benzene rings is 2. The van der Waals surface area contributed by atoms with Crippen LogP contribution in [0.2, 0.25) is 0 Å². The van der Waals surface area contributed by atoms with Gasteiger partial charge in [-0.05, 0) is 97.9 Å². The molecule has 0 aliphatic carbocycles. The summed E-state index contributed by atoms with van der Waals surface area (Å²) in [6.45, 7) is 21.7. The van der Waals surface area contributed by atoms with Gasteiger partial charge in [0.05, 0.1) is 0 Å². The third-order valence-electron chi connectivity index (χ3n) is 5.72. The van der Waals surface area contributed by atoms with E-state index in [1.807, 2.05) is 18.2 Å². The van der Waals surface area contributed by atoms with Gasteiger partial charge in [0.1, 0.15) is 5.75 Å². The van der Waals surface area contributed by atoms with Crippen molar-refractivity contribution in [3.05, 3.63) is 62.7 Å². The van der Waals surface area contributed by atoms with Crippen molar-refractivity contribution in [3.8, 4) is 5.75 Å². The van der Waals surface area contributed by atoms with Gasteiger partial charge in [0.25, 0.3) is 0 Å². The maximum absolute atomic E-state index is 9.93. The van der Waals surface area contributed by atoms with Gasteiger partial charge < -0.3 is 5.11 Å². The van der Waals surface area contributed by atoms with Gasteiger partial charge in [0, 0.05) is 0 Å². The van der Waals surface area contributed by atoms with Crippen molar-refractivity contribution in [2.45, 2.75) is 81.1 Å². The molecule has 0 aromatic heterocycles. The fourth-order valence-corrected chi connectivity index (χ4v) is 3.20. The molecule has 0 unspecified atom stereocenters. The molecule has 2 rings (SSSR count). The van der Waals surface area contributed by atoms with E-state index in [0.717, 1.165) is 11.1 Å². The number of hydrogen-bond donors (Lipinski definition) is 1. The number of halogens is 2. The standard InChI is InChI=1S/C12H18O.C12H18.2ClH.Ta/c1-8(2)10-6-5-7-11(9(3)4)12(10)13;1-7-8(2)10(4)12(6)11(5)9(7)3;;;/h5-9,13H,1-4H3;1-6H3;2*1H;/q;;;;+2/p-2. The van der Waals surface area contributed by atoms with Crippen molar-refractivity contribution in [3.63, 3.8) is 0 Å². The first-order valence-corrected chi connectivity index (χ1v) is 17.7. The molecule has 0 atom stereocenters. The molecule has 0 amide bonds. The number of phenolic OH excluding ortho intramolecular Hbond substituents is 1. The molecule has 157 valence electrons. The molecule has 1 nitrogen and oxygen atoms in total. The summed E-state index contributed by atoms with van der Waals surface area (Å²) in [4.78, 5) is 0. The molecule has 2 aromatic carbocycles. The van der Waals surface area contributed by atoms with Gasteiger partial charge in [-0.2, -0.15) is 0 Å². The zero-order valence-electron chi connectivity index (χ0n) is 19.0. The summed E-state index contributed by atoms with van der Waals surface area (Å²) in [5.41, 5.74) is 10.8. The summed E-state index contributed by atoms with van der Waals surface area (Å²) < 4.78 is 0. The van der Waals surface area contributed by atoms with Crippen LogP contribution < -0.4 is 0 Å². The Morgan fingerprint density at radius 3 is 1.04 bits per heavy atom. The zero-order valence-corrected chi connectivity index (χ0v) is 23.8. The molecule has 0 fully saturated rings. The molecular formula is C24H36Cl2OTa. The first kappa shape index (κ1) is 27.6. The van der Waals surface area contributed by atoms with Crippen LogP contribution >= 0.6 is 18.4 Å². The Labute approximate surface area is 189 Å². The van der Waals surface area contributed by atoms with Gasteiger partial charge in [-0.1, -0.05) is 45.9 Å². The van der Waals surface area contributed by atoms with Crippen LogP contribution in [-0.4, -0.2) is 5.11 Å². The molecule has 1 N–H and O–H groups in total. The van der Waals surface area contributed by atoms with E-state index in [1.54, 1.807) is 0 Å². The average Bonchev–Trinajstić information content (AvgIpc) is 2.64. The Morgan fingerprint density at radius 2 is 0.857 bits per heavy atom. The van der Waals surface area contributed by atoms with E-state index in [-0.39, 0.29) is 0 Å². The van der Waals surface area contributed by atoms with Crippen LogP contribution in [-0.2, 0) is 17.6 Å². The van der Waals surface area contributed by atoms with Crippen molar-refractivity contribution in [2.75, 3.05) is 0 Å². The summed E-state index contributed by atoms with van der Waals surface area (Å²) in [6.07, 6.45) is 0. The normalized spacial score (nSPS) is 10.2. The second kappa shape index (κ2) is 13.0. The van der Waals surface area contributed by atoms with Crippen molar-refractivity contribution >= 4 is 18.4 Å². The van der Waals surface area contributed by atoms with Gasteiger partial charge in [0.15, 0.2) is 0 Å². The monoisotopic (exact) mass is 591 g/mol. The third kappa shape index (κ3) is 7.43. The van der Waals surface area contributed by atoms with E-state index < -0.39 is 17.6 Å². The molecule has 0 aliphatic rings. The predicted octanol–water partition coefficient (Wildman–Crippen LogP) is 8.55. The zero-order chi connectivity index (χ0) is 22.2. The molecule has 0 spiro atoms. The fraction of sp³-hybridized carbons (Fsp3) is 0.500. The number of para-hydroxylation sites is 1. The fourth-order valence-electron chi connectivity index (χ4n) is 3.20. The van der Waals surface area contributed by atoms with Gasteiger partial charge in [0.2, 0.25) is 0 Å². The Morgan fingerprint density at radius 1 is 0.643 bits per heavy atom. The molecule has 0 aliphatic heterocycles. The van der Waals surface area contributed by atoms with E-state index in [4.69, 9.17) is 18.4 Å². The molecule has 0 saturated heterocycles. The predicted molar refractivity (Wildman–Crippen MR) is 123 cm³/mol.